The Hall–Kier alpha value is -2.44. The molecule has 5 nitrogen and oxygen atoms in total. The molecular formula is C15H17F2N3O2. The number of alkyl halides is 2. The molecule has 0 aliphatic carbocycles. The summed E-state index contributed by atoms with van der Waals surface area (Å²) in [5.41, 5.74) is 0.346. The minimum absolute atomic E-state index is 0.0104. The zero-order valence-corrected chi connectivity index (χ0v) is 12.3. The maximum absolute atomic E-state index is 12.2. The van der Waals surface area contributed by atoms with E-state index in [1.807, 2.05) is 13.8 Å². The van der Waals surface area contributed by atoms with Gasteiger partial charge in [0.1, 0.15) is 11.6 Å². The number of nitrogens with zero attached hydrogens (tertiary/aromatic N) is 2. The molecule has 0 bridgehead atoms. The zero-order valence-electron chi connectivity index (χ0n) is 12.3. The molecule has 1 aromatic heterocycles. The van der Waals surface area contributed by atoms with Crippen molar-refractivity contribution in [3.63, 3.8) is 0 Å². The summed E-state index contributed by atoms with van der Waals surface area (Å²) in [6.45, 7) is 1.14. The van der Waals surface area contributed by atoms with Gasteiger partial charge in [-0.15, -0.1) is 0 Å². The number of benzene rings is 1. The molecule has 22 heavy (non-hydrogen) atoms. The molecule has 7 heteroatoms. The number of ether oxygens (including phenoxy) is 1. The van der Waals surface area contributed by atoms with Gasteiger partial charge in [-0.2, -0.15) is 13.9 Å². The van der Waals surface area contributed by atoms with E-state index >= 15 is 0 Å². The van der Waals surface area contributed by atoms with Crippen LogP contribution in [-0.4, -0.2) is 22.3 Å². The van der Waals surface area contributed by atoms with Crippen molar-refractivity contribution in [3.8, 4) is 5.75 Å². The second-order valence-electron chi connectivity index (χ2n) is 4.78. The van der Waals surface area contributed by atoms with Crippen LogP contribution < -0.4 is 10.1 Å². The van der Waals surface area contributed by atoms with Gasteiger partial charge in [0.05, 0.1) is 12.2 Å². The minimum Gasteiger partial charge on any atom is -0.435 e. The predicted octanol–water partition coefficient (Wildman–Crippen LogP) is 3.71. The first kappa shape index (κ1) is 15.9. The molecule has 2 rings (SSSR count). The lowest BCUT2D eigenvalue weighted by atomic mass is 10.2. The second-order valence-corrected chi connectivity index (χ2v) is 4.78. The predicted molar refractivity (Wildman–Crippen MR) is 78.3 cm³/mol. The fraction of sp³-hybridized carbons (Fsp3) is 0.333. The summed E-state index contributed by atoms with van der Waals surface area (Å²) in [5, 5.41) is 6.93. The van der Waals surface area contributed by atoms with Gasteiger partial charge < -0.3 is 10.1 Å². The number of hydrogen-bond donors (Lipinski definition) is 1. The monoisotopic (exact) mass is 309 g/mol. The van der Waals surface area contributed by atoms with Gasteiger partial charge in [0.25, 0.3) is 5.91 Å². The van der Waals surface area contributed by atoms with Gasteiger partial charge in [-0.05, 0) is 37.6 Å². The highest BCUT2D eigenvalue weighted by atomic mass is 19.3. The van der Waals surface area contributed by atoms with Crippen LogP contribution in [0.3, 0.4) is 0 Å². The molecule has 0 aliphatic rings. The third kappa shape index (κ3) is 3.81. The summed E-state index contributed by atoms with van der Waals surface area (Å²) in [7, 11) is 0. The van der Waals surface area contributed by atoms with Crippen molar-refractivity contribution in [1.29, 1.82) is 0 Å². The van der Waals surface area contributed by atoms with Crippen molar-refractivity contribution in [2.45, 2.75) is 32.9 Å². The van der Waals surface area contributed by atoms with Gasteiger partial charge in [-0.3, -0.25) is 4.79 Å². The summed E-state index contributed by atoms with van der Waals surface area (Å²) in [5.74, 6) is 0.261. The summed E-state index contributed by atoms with van der Waals surface area (Å²) in [6.07, 6.45) is 2.49. The van der Waals surface area contributed by atoms with Crippen LogP contribution in [0.4, 0.5) is 14.6 Å². The number of anilines is 1. The number of carbonyl (C=O) groups is 1. The Morgan fingerprint density at radius 3 is 2.59 bits per heavy atom. The minimum atomic E-state index is -2.88. The van der Waals surface area contributed by atoms with Gasteiger partial charge in [0, 0.05) is 11.6 Å². The van der Waals surface area contributed by atoms with Gasteiger partial charge in [-0.1, -0.05) is 6.92 Å². The fourth-order valence-corrected chi connectivity index (χ4v) is 1.91. The molecule has 118 valence electrons. The van der Waals surface area contributed by atoms with Crippen LogP contribution in [0.25, 0.3) is 0 Å². The Morgan fingerprint density at radius 1 is 1.32 bits per heavy atom. The Bertz CT molecular complexity index is 626. The highest BCUT2D eigenvalue weighted by molar-refractivity contribution is 6.03. The number of rotatable bonds is 6. The molecule has 2 aromatic rings. The number of carbonyl (C=O) groups excluding carboxylic acids is 1. The summed E-state index contributed by atoms with van der Waals surface area (Å²) in [4.78, 5) is 12.2. The van der Waals surface area contributed by atoms with E-state index in [0.29, 0.717) is 11.4 Å². The molecule has 1 amide bonds. The number of hydrogen-bond acceptors (Lipinski definition) is 3. The molecular weight excluding hydrogens is 292 g/mol. The van der Waals surface area contributed by atoms with E-state index in [1.165, 1.54) is 24.3 Å². The normalized spacial score (nSPS) is 12.2. The summed E-state index contributed by atoms with van der Waals surface area (Å²) in [6, 6.07) is 7.37. The van der Waals surface area contributed by atoms with Gasteiger partial charge in [-0.25, -0.2) is 4.68 Å². The van der Waals surface area contributed by atoms with Crippen molar-refractivity contribution in [3.05, 3.63) is 42.1 Å². The van der Waals surface area contributed by atoms with Crippen LogP contribution in [0.1, 0.15) is 36.7 Å². The Morgan fingerprint density at radius 2 is 2.00 bits per heavy atom. The highest BCUT2D eigenvalue weighted by Gasteiger charge is 2.13. The number of halogens is 2. The van der Waals surface area contributed by atoms with Crippen LogP contribution in [0.15, 0.2) is 36.5 Å². The van der Waals surface area contributed by atoms with Gasteiger partial charge in [0.15, 0.2) is 0 Å². The van der Waals surface area contributed by atoms with E-state index in [-0.39, 0.29) is 17.7 Å². The van der Waals surface area contributed by atoms with Crippen molar-refractivity contribution in [2.75, 3.05) is 5.32 Å². The number of amides is 1. The maximum Gasteiger partial charge on any atom is 0.387 e. The standard InChI is InChI=1S/C15H17F2N3O2/c1-3-10(2)20-13(8-9-18-20)19-14(21)11-4-6-12(7-5-11)22-15(16)17/h4-10,15H,3H2,1-2H3,(H,19,21). The Balaban J connectivity index is 2.08. The Labute approximate surface area is 126 Å². The Kier molecular flexibility index (Phi) is 5.08. The zero-order chi connectivity index (χ0) is 16.1. The van der Waals surface area contributed by atoms with Crippen LogP contribution in [-0.2, 0) is 0 Å². The third-order valence-corrected chi connectivity index (χ3v) is 3.26. The largest absolute Gasteiger partial charge is 0.435 e. The average molecular weight is 309 g/mol. The molecule has 1 heterocycles. The third-order valence-electron chi connectivity index (χ3n) is 3.26. The van der Waals surface area contributed by atoms with Crippen LogP contribution in [0.2, 0.25) is 0 Å². The molecule has 0 spiro atoms. The first-order valence-corrected chi connectivity index (χ1v) is 6.91. The van der Waals surface area contributed by atoms with E-state index in [9.17, 15) is 13.6 Å². The lowest BCUT2D eigenvalue weighted by molar-refractivity contribution is -0.0498. The fourth-order valence-electron chi connectivity index (χ4n) is 1.91. The molecule has 0 saturated heterocycles. The van der Waals surface area contributed by atoms with Crippen molar-refractivity contribution < 1.29 is 18.3 Å². The average Bonchev–Trinajstić information content (AvgIpc) is 2.94. The van der Waals surface area contributed by atoms with E-state index in [4.69, 9.17) is 0 Å². The van der Waals surface area contributed by atoms with Crippen molar-refractivity contribution in [1.82, 2.24) is 9.78 Å². The first-order valence-electron chi connectivity index (χ1n) is 6.91. The van der Waals surface area contributed by atoms with Crippen LogP contribution in [0.5, 0.6) is 5.75 Å². The number of aromatic nitrogens is 2. The SMILES string of the molecule is CCC(C)n1nccc1NC(=O)c1ccc(OC(F)F)cc1. The van der Waals surface area contributed by atoms with E-state index in [1.54, 1.807) is 16.9 Å². The molecule has 0 fully saturated rings. The van der Waals surface area contributed by atoms with Crippen molar-refractivity contribution in [2.24, 2.45) is 0 Å². The molecule has 1 aromatic carbocycles. The summed E-state index contributed by atoms with van der Waals surface area (Å²) >= 11 is 0. The van der Waals surface area contributed by atoms with E-state index in [0.717, 1.165) is 6.42 Å². The molecule has 1 N–H and O–H groups in total. The topological polar surface area (TPSA) is 56.2 Å². The second kappa shape index (κ2) is 7.02. The lowest BCUT2D eigenvalue weighted by Crippen LogP contribution is -2.17. The molecule has 0 saturated carbocycles. The maximum atomic E-state index is 12.2. The molecule has 0 radical (unpaired) electrons. The molecule has 1 unspecified atom stereocenters. The van der Waals surface area contributed by atoms with E-state index in [2.05, 4.69) is 15.2 Å². The van der Waals surface area contributed by atoms with Gasteiger partial charge in [0.2, 0.25) is 0 Å². The highest BCUT2D eigenvalue weighted by Crippen LogP contribution is 2.19. The molecule has 1 atom stereocenters. The quantitative estimate of drug-likeness (QED) is 0.885. The molecule has 0 aliphatic heterocycles. The van der Waals surface area contributed by atoms with Gasteiger partial charge >= 0.3 is 6.61 Å². The first-order chi connectivity index (χ1) is 10.5. The van der Waals surface area contributed by atoms with Crippen LogP contribution in [0, 0.1) is 0 Å². The van der Waals surface area contributed by atoms with Crippen molar-refractivity contribution >= 4 is 11.7 Å². The van der Waals surface area contributed by atoms with Crippen LogP contribution >= 0.6 is 0 Å². The van der Waals surface area contributed by atoms with E-state index < -0.39 is 6.61 Å². The number of nitrogens with one attached hydrogen (secondary N) is 1. The smallest absolute Gasteiger partial charge is 0.387 e. The summed E-state index contributed by atoms with van der Waals surface area (Å²) < 4.78 is 30.1. The lowest BCUT2D eigenvalue weighted by Gasteiger charge is -2.14.